The van der Waals surface area contributed by atoms with Crippen LogP contribution in [0.1, 0.15) is 27.3 Å². The minimum atomic E-state index is -4.57. The summed E-state index contributed by atoms with van der Waals surface area (Å²) >= 11 is 0. The third-order valence-electron chi connectivity index (χ3n) is 3.71. The van der Waals surface area contributed by atoms with Crippen molar-refractivity contribution in [3.05, 3.63) is 65.1 Å². The lowest BCUT2D eigenvalue weighted by atomic mass is 10.1. The van der Waals surface area contributed by atoms with Gasteiger partial charge in [-0.3, -0.25) is 14.2 Å². The molecule has 136 valence electrons. The van der Waals surface area contributed by atoms with Crippen molar-refractivity contribution in [2.45, 2.75) is 19.6 Å². The highest BCUT2D eigenvalue weighted by atomic mass is 19.4. The van der Waals surface area contributed by atoms with Gasteiger partial charge in [0.2, 0.25) is 0 Å². The minimum absolute atomic E-state index is 0.238. The second-order valence-corrected chi connectivity index (χ2v) is 5.88. The van der Waals surface area contributed by atoms with E-state index in [1.165, 1.54) is 0 Å². The maximum absolute atomic E-state index is 12.8. The lowest BCUT2D eigenvalue weighted by Crippen LogP contribution is -2.14. The van der Waals surface area contributed by atoms with Crippen LogP contribution >= 0.6 is 0 Å². The molecule has 1 amide bonds. The van der Waals surface area contributed by atoms with Crippen LogP contribution in [0.5, 0.6) is 0 Å². The molecule has 3 aromatic rings. The smallest absolute Gasteiger partial charge is 0.304 e. The first-order valence-electron chi connectivity index (χ1n) is 7.74. The Morgan fingerprint density at radius 1 is 1.19 bits per heavy atom. The van der Waals surface area contributed by atoms with Crippen molar-refractivity contribution >= 4 is 11.7 Å². The predicted molar refractivity (Wildman–Crippen MR) is 88.7 cm³/mol. The molecule has 0 fully saturated rings. The lowest BCUT2D eigenvalue weighted by molar-refractivity contribution is -0.143. The Bertz CT molecular complexity index is 942. The number of hydrogen-bond acceptors (Lipinski definition) is 3. The maximum Gasteiger partial charge on any atom is 0.433 e. The van der Waals surface area contributed by atoms with E-state index in [0.29, 0.717) is 17.3 Å². The molecule has 26 heavy (non-hydrogen) atoms. The highest BCUT2D eigenvalue weighted by molar-refractivity contribution is 6.02. The van der Waals surface area contributed by atoms with Crippen molar-refractivity contribution in [2.75, 3.05) is 5.32 Å². The second-order valence-electron chi connectivity index (χ2n) is 5.88. The molecule has 9 heteroatoms. The first-order chi connectivity index (χ1) is 12.2. The topological polar surface area (TPSA) is 64.7 Å². The summed E-state index contributed by atoms with van der Waals surface area (Å²) < 4.78 is 40.6. The molecule has 0 aliphatic heterocycles. The maximum atomic E-state index is 12.8. The number of nitrogens with zero attached hydrogens (tertiary/aromatic N) is 4. The Hall–Kier alpha value is -3.10. The number of carbonyl (C=O) groups excluding carboxylic acids is 1. The van der Waals surface area contributed by atoms with Crippen molar-refractivity contribution in [3.8, 4) is 0 Å². The second kappa shape index (κ2) is 6.66. The minimum Gasteiger partial charge on any atom is -0.304 e. The average molecular weight is 363 g/mol. The van der Waals surface area contributed by atoms with E-state index >= 15 is 0 Å². The third kappa shape index (κ3) is 3.93. The van der Waals surface area contributed by atoms with Crippen LogP contribution in [0.4, 0.5) is 19.0 Å². The summed E-state index contributed by atoms with van der Waals surface area (Å²) in [4.78, 5) is 12.1. The van der Waals surface area contributed by atoms with Crippen molar-refractivity contribution in [1.29, 1.82) is 0 Å². The molecule has 0 unspecified atom stereocenters. The van der Waals surface area contributed by atoms with E-state index in [1.54, 1.807) is 16.9 Å². The summed E-state index contributed by atoms with van der Waals surface area (Å²) in [5.41, 5.74) is 0.852. The number of hydrogen-bond donors (Lipinski definition) is 1. The van der Waals surface area contributed by atoms with Gasteiger partial charge in [0.15, 0.2) is 11.5 Å². The summed E-state index contributed by atoms with van der Waals surface area (Å²) in [6, 6.07) is 10.2. The molecular weight excluding hydrogens is 347 g/mol. The fourth-order valence-corrected chi connectivity index (χ4v) is 2.54. The number of aromatic nitrogens is 4. The summed E-state index contributed by atoms with van der Waals surface area (Å²) in [6.07, 6.45) is -2.90. The Morgan fingerprint density at radius 3 is 2.62 bits per heavy atom. The van der Waals surface area contributed by atoms with E-state index in [-0.39, 0.29) is 11.5 Å². The first-order valence-corrected chi connectivity index (χ1v) is 7.74. The molecule has 0 radical (unpaired) electrons. The van der Waals surface area contributed by atoms with Crippen LogP contribution in [0.3, 0.4) is 0 Å². The largest absolute Gasteiger partial charge is 0.433 e. The van der Waals surface area contributed by atoms with Gasteiger partial charge in [0.05, 0.1) is 6.54 Å². The van der Waals surface area contributed by atoms with Gasteiger partial charge in [-0.05, 0) is 12.5 Å². The number of rotatable bonds is 4. The zero-order valence-corrected chi connectivity index (χ0v) is 14.1. The summed E-state index contributed by atoms with van der Waals surface area (Å²) in [5.74, 6) is -0.515. The SMILES string of the molecule is Cc1cccc(Cn2ccc(NC(=O)c3cc(C(F)(F)F)n(C)n3)n2)c1. The van der Waals surface area contributed by atoms with Crippen molar-refractivity contribution in [1.82, 2.24) is 19.6 Å². The number of benzene rings is 1. The molecule has 1 aromatic carbocycles. The van der Waals surface area contributed by atoms with E-state index < -0.39 is 17.8 Å². The van der Waals surface area contributed by atoms with E-state index in [0.717, 1.165) is 18.2 Å². The zero-order valence-electron chi connectivity index (χ0n) is 14.1. The highest BCUT2D eigenvalue weighted by Crippen LogP contribution is 2.29. The molecule has 2 aromatic heterocycles. The number of alkyl halides is 3. The number of halogens is 3. The van der Waals surface area contributed by atoms with Crippen LogP contribution in [0.15, 0.2) is 42.6 Å². The number of carbonyl (C=O) groups is 1. The highest BCUT2D eigenvalue weighted by Gasteiger charge is 2.35. The van der Waals surface area contributed by atoms with Crippen LogP contribution in [-0.4, -0.2) is 25.5 Å². The van der Waals surface area contributed by atoms with Gasteiger partial charge >= 0.3 is 6.18 Å². The Labute approximate surface area is 147 Å². The Balaban J connectivity index is 1.70. The predicted octanol–water partition coefficient (Wildman–Crippen LogP) is 3.24. The molecule has 6 nitrogen and oxygen atoms in total. The number of amides is 1. The van der Waals surface area contributed by atoms with Gasteiger partial charge in [0, 0.05) is 25.4 Å². The summed E-state index contributed by atoms with van der Waals surface area (Å²) in [7, 11) is 1.14. The molecule has 0 saturated carbocycles. The van der Waals surface area contributed by atoms with Crippen LogP contribution in [0, 0.1) is 6.92 Å². The van der Waals surface area contributed by atoms with Gasteiger partial charge in [0.1, 0.15) is 5.69 Å². The molecule has 0 bridgehead atoms. The molecule has 1 N–H and O–H groups in total. The van der Waals surface area contributed by atoms with E-state index in [2.05, 4.69) is 15.5 Å². The normalized spacial score (nSPS) is 11.6. The fraction of sp³-hybridized carbons (Fsp3) is 0.235. The molecule has 0 spiro atoms. The quantitative estimate of drug-likeness (QED) is 0.774. The van der Waals surface area contributed by atoms with Crippen LogP contribution in [0.25, 0.3) is 0 Å². The Morgan fingerprint density at radius 2 is 1.96 bits per heavy atom. The van der Waals surface area contributed by atoms with E-state index in [1.807, 2.05) is 31.2 Å². The molecule has 0 atom stereocenters. The number of anilines is 1. The van der Waals surface area contributed by atoms with Gasteiger partial charge in [-0.1, -0.05) is 29.8 Å². The zero-order chi connectivity index (χ0) is 18.9. The van der Waals surface area contributed by atoms with E-state index in [9.17, 15) is 18.0 Å². The van der Waals surface area contributed by atoms with Crippen molar-refractivity contribution in [2.24, 2.45) is 7.05 Å². The lowest BCUT2D eigenvalue weighted by Gasteiger charge is -2.04. The average Bonchev–Trinajstić information content (AvgIpc) is 3.13. The molecule has 2 heterocycles. The van der Waals surface area contributed by atoms with Gasteiger partial charge in [-0.25, -0.2) is 0 Å². The number of nitrogens with one attached hydrogen (secondary N) is 1. The third-order valence-corrected chi connectivity index (χ3v) is 3.71. The van der Waals surface area contributed by atoms with Crippen molar-refractivity contribution < 1.29 is 18.0 Å². The van der Waals surface area contributed by atoms with Crippen LogP contribution in [0.2, 0.25) is 0 Å². The standard InChI is InChI=1S/C17H16F3N5O/c1-11-4-3-5-12(8-11)10-25-7-6-15(23-25)21-16(26)13-9-14(17(18,19)20)24(2)22-13/h3-9H,10H2,1-2H3,(H,21,23,26). The summed E-state index contributed by atoms with van der Waals surface area (Å²) in [5, 5.41) is 10.3. The first kappa shape index (κ1) is 17.7. The molecule has 3 rings (SSSR count). The molecule has 0 aliphatic rings. The van der Waals surface area contributed by atoms with Gasteiger partial charge < -0.3 is 5.32 Å². The molecule has 0 saturated heterocycles. The van der Waals surface area contributed by atoms with Crippen LogP contribution < -0.4 is 5.32 Å². The van der Waals surface area contributed by atoms with E-state index in [4.69, 9.17) is 0 Å². The Kier molecular flexibility index (Phi) is 4.54. The fourth-order valence-electron chi connectivity index (χ4n) is 2.54. The van der Waals surface area contributed by atoms with Gasteiger partial charge in [-0.15, -0.1) is 0 Å². The summed E-state index contributed by atoms with van der Waals surface area (Å²) in [6.45, 7) is 2.50. The van der Waals surface area contributed by atoms with Crippen molar-refractivity contribution in [3.63, 3.8) is 0 Å². The van der Waals surface area contributed by atoms with Gasteiger partial charge in [0.25, 0.3) is 5.91 Å². The molecular formula is C17H16F3N5O. The van der Waals surface area contributed by atoms with Crippen LogP contribution in [-0.2, 0) is 19.8 Å². The van der Waals surface area contributed by atoms with Gasteiger partial charge in [-0.2, -0.15) is 23.4 Å². The number of aryl methyl sites for hydroxylation is 2. The molecule has 0 aliphatic carbocycles. The monoisotopic (exact) mass is 363 g/mol.